The van der Waals surface area contributed by atoms with Crippen LogP contribution in [0.3, 0.4) is 0 Å². The summed E-state index contributed by atoms with van der Waals surface area (Å²) in [5.41, 5.74) is 5.29. The van der Waals surface area contributed by atoms with E-state index in [1.54, 1.807) is 0 Å². The first kappa shape index (κ1) is 15.4. The van der Waals surface area contributed by atoms with Crippen LogP contribution in [0.15, 0.2) is 0 Å². The maximum atomic E-state index is 12.0. The van der Waals surface area contributed by atoms with Crippen LogP contribution in [0, 0.1) is 5.92 Å². The molecule has 0 aromatic heterocycles. The fraction of sp³-hybridized carbons (Fsp3) is 0.857. The van der Waals surface area contributed by atoms with Gasteiger partial charge in [-0.2, -0.15) is 0 Å². The maximum absolute atomic E-state index is 12.0. The Morgan fingerprint density at radius 1 is 1.33 bits per heavy atom. The Hall–Kier alpha value is -0.640. The molecule has 0 aliphatic heterocycles. The topological polar surface area (TPSA) is 55.1 Å². The van der Waals surface area contributed by atoms with Gasteiger partial charge in [0.2, 0.25) is 5.91 Å². The largest absolute Gasteiger partial charge is 0.391 e. The SMILES string of the molecule is CCC(CC)(NC(=O)CCC1CCCC1)C(N)=S. The van der Waals surface area contributed by atoms with E-state index in [4.69, 9.17) is 18.0 Å². The van der Waals surface area contributed by atoms with Gasteiger partial charge in [-0.25, -0.2) is 0 Å². The van der Waals surface area contributed by atoms with Gasteiger partial charge in [0.05, 0.1) is 10.5 Å². The Morgan fingerprint density at radius 2 is 1.89 bits per heavy atom. The first-order valence-electron chi connectivity index (χ1n) is 7.15. The molecule has 1 aliphatic rings. The molecule has 0 unspecified atom stereocenters. The van der Waals surface area contributed by atoms with E-state index in [0.717, 1.165) is 25.2 Å². The van der Waals surface area contributed by atoms with E-state index in [0.29, 0.717) is 11.4 Å². The number of hydrogen-bond donors (Lipinski definition) is 2. The van der Waals surface area contributed by atoms with E-state index in [9.17, 15) is 4.79 Å². The molecule has 3 nitrogen and oxygen atoms in total. The van der Waals surface area contributed by atoms with Crippen molar-refractivity contribution >= 4 is 23.1 Å². The van der Waals surface area contributed by atoms with Gasteiger partial charge >= 0.3 is 0 Å². The second-order valence-electron chi connectivity index (χ2n) is 5.39. The Morgan fingerprint density at radius 3 is 2.33 bits per heavy atom. The predicted octanol–water partition coefficient (Wildman–Crippen LogP) is 2.92. The molecular weight excluding hydrogens is 244 g/mol. The lowest BCUT2D eigenvalue weighted by atomic mass is 9.92. The molecule has 0 aromatic rings. The average molecular weight is 270 g/mol. The normalized spacial score (nSPS) is 16.8. The van der Waals surface area contributed by atoms with Gasteiger partial charge in [0.25, 0.3) is 0 Å². The molecular formula is C14H26N2OS. The lowest BCUT2D eigenvalue weighted by molar-refractivity contribution is -0.122. The molecule has 1 amide bonds. The summed E-state index contributed by atoms with van der Waals surface area (Å²) in [6.45, 7) is 4.03. The average Bonchev–Trinajstić information content (AvgIpc) is 2.86. The summed E-state index contributed by atoms with van der Waals surface area (Å²) < 4.78 is 0. The quantitative estimate of drug-likeness (QED) is 0.699. The van der Waals surface area contributed by atoms with Crippen LogP contribution >= 0.6 is 12.2 Å². The highest BCUT2D eigenvalue weighted by Crippen LogP contribution is 2.28. The van der Waals surface area contributed by atoms with Crippen LogP contribution in [0.4, 0.5) is 0 Å². The zero-order chi connectivity index (χ0) is 13.6. The Balaban J connectivity index is 2.43. The fourth-order valence-corrected chi connectivity index (χ4v) is 3.14. The van der Waals surface area contributed by atoms with Crippen molar-refractivity contribution in [2.45, 2.75) is 70.8 Å². The highest BCUT2D eigenvalue weighted by Gasteiger charge is 2.31. The molecule has 1 rings (SSSR count). The molecule has 1 saturated carbocycles. The standard InChI is InChI=1S/C14H26N2OS/c1-3-14(4-2,13(15)18)16-12(17)10-9-11-7-5-6-8-11/h11H,3-10H2,1-2H3,(H2,15,18)(H,16,17). The number of amides is 1. The zero-order valence-corrected chi connectivity index (χ0v) is 12.4. The summed E-state index contributed by atoms with van der Waals surface area (Å²) in [7, 11) is 0. The molecule has 104 valence electrons. The van der Waals surface area contributed by atoms with Crippen molar-refractivity contribution in [2.75, 3.05) is 0 Å². The number of carbonyl (C=O) groups is 1. The van der Waals surface area contributed by atoms with E-state index in [2.05, 4.69) is 5.32 Å². The summed E-state index contributed by atoms with van der Waals surface area (Å²) in [6.07, 6.45) is 8.36. The number of thiocarbonyl (C=S) groups is 1. The second-order valence-corrected chi connectivity index (χ2v) is 5.83. The third-order valence-corrected chi connectivity index (χ3v) is 4.70. The smallest absolute Gasteiger partial charge is 0.220 e. The molecule has 0 aromatic carbocycles. The lowest BCUT2D eigenvalue weighted by Gasteiger charge is -2.31. The van der Waals surface area contributed by atoms with Crippen molar-refractivity contribution in [1.29, 1.82) is 0 Å². The summed E-state index contributed by atoms with van der Waals surface area (Å²) in [6, 6.07) is 0. The fourth-order valence-electron chi connectivity index (χ4n) is 2.80. The van der Waals surface area contributed by atoms with E-state index < -0.39 is 5.54 Å². The van der Waals surface area contributed by atoms with E-state index >= 15 is 0 Å². The van der Waals surface area contributed by atoms with Crippen LogP contribution in [-0.2, 0) is 4.79 Å². The van der Waals surface area contributed by atoms with Crippen LogP contribution in [-0.4, -0.2) is 16.4 Å². The minimum absolute atomic E-state index is 0.0957. The van der Waals surface area contributed by atoms with Gasteiger partial charge in [-0.15, -0.1) is 0 Å². The third kappa shape index (κ3) is 3.94. The highest BCUT2D eigenvalue weighted by atomic mass is 32.1. The van der Waals surface area contributed by atoms with Crippen LogP contribution < -0.4 is 11.1 Å². The molecule has 0 saturated heterocycles. The van der Waals surface area contributed by atoms with Gasteiger partial charge in [-0.1, -0.05) is 51.7 Å². The number of nitrogens with one attached hydrogen (secondary N) is 1. The summed E-state index contributed by atoms with van der Waals surface area (Å²) in [4.78, 5) is 12.4. The van der Waals surface area contributed by atoms with Gasteiger partial charge < -0.3 is 11.1 Å². The van der Waals surface area contributed by atoms with Crippen LogP contribution in [0.2, 0.25) is 0 Å². The maximum Gasteiger partial charge on any atom is 0.220 e. The highest BCUT2D eigenvalue weighted by molar-refractivity contribution is 7.80. The van der Waals surface area contributed by atoms with Gasteiger partial charge in [0, 0.05) is 6.42 Å². The molecule has 4 heteroatoms. The molecule has 0 radical (unpaired) electrons. The Bertz CT molecular complexity index is 294. The molecule has 3 N–H and O–H groups in total. The summed E-state index contributed by atoms with van der Waals surface area (Å²) in [5, 5.41) is 3.05. The third-order valence-electron chi connectivity index (χ3n) is 4.31. The van der Waals surface area contributed by atoms with Crippen LogP contribution in [0.25, 0.3) is 0 Å². The van der Waals surface area contributed by atoms with Gasteiger partial charge in [-0.05, 0) is 25.2 Å². The van der Waals surface area contributed by atoms with Crippen molar-refractivity contribution in [3.05, 3.63) is 0 Å². The molecule has 1 fully saturated rings. The van der Waals surface area contributed by atoms with Gasteiger partial charge in [-0.3, -0.25) is 4.79 Å². The predicted molar refractivity (Wildman–Crippen MR) is 79.4 cm³/mol. The van der Waals surface area contributed by atoms with E-state index in [1.165, 1.54) is 25.7 Å². The molecule has 18 heavy (non-hydrogen) atoms. The van der Waals surface area contributed by atoms with Gasteiger partial charge in [0.1, 0.15) is 0 Å². The van der Waals surface area contributed by atoms with Crippen molar-refractivity contribution in [3.8, 4) is 0 Å². The van der Waals surface area contributed by atoms with Gasteiger partial charge in [0.15, 0.2) is 0 Å². The molecule has 0 atom stereocenters. The number of rotatable bonds is 7. The summed E-state index contributed by atoms with van der Waals surface area (Å²) >= 11 is 5.10. The van der Waals surface area contributed by atoms with Crippen LogP contribution in [0.5, 0.6) is 0 Å². The first-order valence-corrected chi connectivity index (χ1v) is 7.55. The van der Waals surface area contributed by atoms with Crippen molar-refractivity contribution in [1.82, 2.24) is 5.32 Å². The molecule has 0 heterocycles. The Labute approximate surface area is 116 Å². The van der Waals surface area contributed by atoms with Crippen molar-refractivity contribution in [3.63, 3.8) is 0 Å². The zero-order valence-electron chi connectivity index (χ0n) is 11.6. The first-order chi connectivity index (χ1) is 8.54. The van der Waals surface area contributed by atoms with Crippen LogP contribution in [0.1, 0.15) is 65.2 Å². The minimum Gasteiger partial charge on any atom is -0.391 e. The minimum atomic E-state index is -0.484. The van der Waals surface area contributed by atoms with Crippen molar-refractivity contribution in [2.24, 2.45) is 11.7 Å². The molecule has 0 bridgehead atoms. The number of carbonyl (C=O) groups excluding carboxylic acids is 1. The molecule has 0 spiro atoms. The number of nitrogens with two attached hydrogens (primary N) is 1. The number of hydrogen-bond acceptors (Lipinski definition) is 2. The second kappa shape index (κ2) is 7.07. The van der Waals surface area contributed by atoms with Crippen molar-refractivity contribution < 1.29 is 4.79 Å². The lowest BCUT2D eigenvalue weighted by Crippen LogP contribution is -2.55. The summed E-state index contributed by atoms with van der Waals surface area (Å²) in [5.74, 6) is 0.844. The Kier molecular flexibility index (Phi) is 6.06. The van der Waals surface area contributed by atoms with E-state index in [1.807, 2.05) is 13.8 Å². The van der Waals surface area contributed by atoms with E-state index in [-0.39, 0.29) is 5.91 Å². The monoisotopic (exact) mass is 270 g/mol. The molecule has 1 aliphatic carbocycles.